The predicted octanol–water partition coefficient (Wildman–Crippen LogP) is 1.95. The van der Waals surface area contributed by atoms with Crippen LogP contribution in [0.5, 0.6) is 5.75 Å². The van der Waals surface area contributed by atoms with Crippen LogP contribution in [0.4, 0.5) is 5.69 Å². The highest BCUT2D eigenvalue weighted by Crippen LogP contribution is 2.27. The molecule has 1 saturated heterocycles. The van der Waals surface area contributed by atoms with Crippen LogP contribution in [-0.2, 0) is 11.2 Å². The Morgan fingerprint density at radius 1 is 1.37 bits per heavy atom. The van der Waals surface area contributed by atoms with Crippen molar-refractivity contribution in [2.45, 2.75) is 25.7 Å². The molecule has 4 nitrogen and oxygen atoms in total. The Morgan fingerprint density at radius 3 is 3.16 bits per heavy atom. The van der Waals surface area contributed by atoms with Crippen molar-refractivity contribution >= 4 is 11.6 Å². The zero-order valence-electron chi connectivity index (χ0n) is 11.1. The highest BCUT2D eigenvalue weighted by molar-refractivity contribution is 5.93. The van der Waals surface area contributed by atoms with Gasteiger partial charge in [-0.05, 0) is 56.0 Å². The van der Waals surface area contributed by atoms with Gasteiger partial charge in [-0.15, -0.1) is 0 Å². The number of carbonyl (C=O) groups is 1. The summed E-state index contributed by atoms with van der Waals surface area (Å²) in [6.45, 7) is 2.62. The van der Waals surface area contributed by atoms with E-state index in [-0.39, 0.29) is 11.8 Å². The van der Waals surface area contributed by atoms with E-state index in [1.807, 2.05) is 18.2 Å². The number of fused-ring (bicyclic) bond motifs is 1. The molecular formula is C15H20N2O2. The van der Waals surface area contributed by atoms with Crippen molar-refractivity contribution < 1.29 is 9.53 Å². The van der Waals surface area contributed by atoms with E-state index < -0.39 is 0 Å². The van der Waals surface area contributed by atoms with Gasteiger partial charge >= 0.3 is 0 Å². The van der Waals surface area contributed by atoms with Gasteiger partial charge in [-0.25, -0.2) is 0 Å². The number of hydrogen-bond donors (Lipinski definition) is 2. The Hall–Kier alpha value is -1.55. The minimum atomic E-state index is 0.0982. The molecule has 1 unspecified atom stereocenters. The summed E-state index contributed by atoms with van der Waals surface area (Å²) in [5.74, 6) is 1.19. The van der Waals surface area contributed by atoms with Crippen LogP contribution in [0.25, 0.3) is 0 Å². The molecule has 3 rings (SSSR count). The summed E-state index contributed by atoms with van der Waals surface area (Å²) in [4.78, 5) is 12.2. The standard InChI is InChI=1S/C15H20N2O2/c18-15(12-3-1-7-16-10-12)17-13-5-6-14-11(9-13)4-2-8-19-14/h5-6,9,12,16H,1-4,7-8,10H2,(H,17,18). The Balaban J connectivity index is 1.67. The lowest BCUT2D eigenvalue weighted by Crippen LogP contribution is -2.37. The van der Waals surface area contributed by atoms with Crippen LogP contribution in [0.2, 0.25) is 0 Å². The Morgan fingerprint density at radius 2 is 2.32 bits per heavy atom. The maximum absolute atomic E-state index is 12.2. The van der Waals surface area contributed by atoms with E-state index in [1.165, 1.54) is 5.56 Å². The second-order valence-corrected chi connectivity index (χ2v) is 5.31. The molecule has 0 spiro atoms. The minimum Gasteiger partial charge on any atom is -0.493 e. The number of hydrogen-bond acceptors (Lipinski definition) is 3. The first-order valence-electron chi connectivity index (χ1n) is 7.10. The average molecular weight is 260 g/mol. The molecule has 1 fully saturated rings. The van der Waals surface area contributed by atoms with E-state index in [0.717, 1.165) is 56.8 Å². The van der Waals surface area contributed by atoms with Crippen LogP contribution in [-0.4, -0.2) is 25.6 Å². The summed E-state index contributed by atoms with van der Waals surface area (Å²) in [6.07, 6.45) is 4.14. The summed E-state index contributed by atoms with van der Waals surface area (Å²) in [5, 5.41) is 6.30. The Bertz CT molecular complexity index is 467. The summed E-state index contributed by atoms with van der Waals surface area (Å²) >= 11 is 0. The lowest BCUT2D eigenvalue weighted by Gasteiger charge is -2.22. The topological polar surface area (TPSA) is 50.4 Å². The fraction of sp³-hybridized carbons (Fsp3) is 0.533. The highest BCUT2D eigenvalue weighted by Gasteiger charge is 2.21. The van der Waals surface area contributed by atoms with Crippen LogP contribution in [0, 0.1) is 5.92 Å². The van der Waals surface area contributed by atoms with E-state index in [9.17, 15) is 4.79 Å². The van der Waals surface area contributed by atoms with Gasteiger partial charge in [0.25, 0.3) is 0 Å². The fourth-order valence-corrected chi connectivity index (χ4v) is 2.76. The molecule has 0 aromatic heterocycles. The quantitative estimate of drug-likeness (QED) is 0.854. The third-order valence-electron chi connectivity index (χ3n) is 3.84. The fourth-order valence-electron chi connectivity index (χ4n) is 2.76. The number of piperidine rings is 1. The molecule has 4 heteroatoms. The van der Waals surface area contributed by atoms with Gasteiger partial charge < -0.3 is 15.4 Å². The van der Waals surface area contributed by atoms with E-state index in [2.05, 4.69) is 10.6 Å². The van der Waals surface area contributed by atoms with Crippen molar-refractivity contribution in [1.29, 1.82) is 0 Å². The molecule has 1 aromatic rings. The zero-order chi connectivity index (χ0) is 13.1. The first-order valence-corrected chi connectivity index (χ1v) is 7.10. The van der Waals surface area contributed by atoms with Crippen LogP contribution in [0.1, 0.15) is 24.8 Å². The average Bonchev–Trinajstić information content (AvgIpc) is 2.48. The summed E-state index contributed by atoms with van der Waals surface area (Å²) in [6, 6.07) is 5.93. The Kier molecular flexibility index (Phi) is 3.69. The summed E-state index contributed by atoms with van der Waals surface area (Å²) in [7, 11) is 0. The van der Waals surface area contributed by atoms with Gasteiger partial charge in [0.1, 0.15) is 5.75 Å². The van der Waals surface area contributed by atoms with Crippen molar-refractivity contribution in [2.24, 2.45) is 5.92 Å². The zero-order valence-corrected chi connectivity index (χ0v) is 11.1. The van der Waals surface area contributed by atoms with Crippen molar-refractivity contribution in [3.8, 4) is 5.75 Å². The molecule has 0 aliphatic carbocycles. The first-order chi connectivity index (χ1) is 9.33. The molecule has 0 saturated carbocycles. The lowest BCUT2D eigenvalue weighted by molar-refractivity contribution is -0.120. The lowest BCUT2D eigenvalue weighted by atomic mass is 9.98. The van der Waals surface area contributed by atoms with E-state index in [4.69, 9.17) is 4.74 Å². The van der Waals surface area contributed by atoms with E-state index in [1.54, 1.807) is 0 Å². The van der Waals surface area contributed by atoms with Crippen molar-refractivity contribution in [3.05, 3.63) is 23.8 Å². The van der Waals surface area contributed by atoms with E-state index >= 15 is 0 Å². The van der Waals surface area contributed by atoms with Gasteiger partial charge in [0.15, 0.2) is 0 Å². The molecule has 0 bridgehead atoms. The predicted molar refractivity (Wildman–Crippen MR) is 74.5 cm³/mol. The monoisotopic (exact) mass is 260 g/mol. The molecule has 2 heterocycles. The van der Waals surface area contributed by atoms with Gasteiger partial charge in [0, 0.05) is 12.2 Å². The first kappa shape index (κ1) is 12.5. The number of carbonyl (C=O) groups excluding carboxylic acids is 1. The third kappa shape index (κ3) is 2.89. The molecule has 1 atom stereocenters. The maximum atomic E-state index is 12.2. The number of rotatable bonds is 2. The smallest absolute Gasteiger partial charge is 0.228 e. The second kappa shape index (κ2) is 5.61. The minimum absolute atomic E-state index is 0.0982. The van der Waals surface area contributed by atoms with Gasteiger partial charge in [-0.3, -0.25) is 4.79 Å². The summed E-state index contributed by atoms with van der Waals surface area (Å²) in [5.41, 5.74) is 2.09. The molecule has 1 aromatic carbocycles. The highest BCUT2D eigenvalue weighted by atomic mass is 16.5. The number of anilines is 1. The largest absolute Gasteiger partial charge is 0.493 e. The molecule has 102 valence electrons. The molecular weight excluding hydrogens is 240 g/mol. The van der Waals surface area contributed by atoms with Crippen molar-refractivity contribution in [1.82, 2.24) is 5.32 Å². The second-order valence-electron chi connectivity index (χ2n) is 5.31. The van der Waals surface area contributed by atoms with Crippen LogP contribution >= 0.6 is 0 Å². The number of amides is 1. The number of benzene rings is 1. The molecule has 2 aliphatic rings. The van der Waals surface area contributed by atoms with Crippen molar-refractivity contribution in [3.63, 3.8) is 0 Å². The number of nitrogens with one attached hydrogen (secondary N) is 2. The third-order valence-corrected chi connectivity index (χ3v) is 3.84. The molecule has 0 radical (unpaired) electrons. The normalized spacial score (nSPS) is 22.2. The summed E-state index contributed by atoms with van der Waals surface area (Å²) < 4.78 is 5.58. The molecule has 2 N–H and O–H groups in total. The van der Waals surface area contributed by atoms with Gasteiger partial charge in [0.2, 0.25) is 5.91 Å². The molecule has 1 amide bonds. The Labute approximate surface area is 113 Å². The van der Waals surface area contributed by atoms with Crippen molar-refractivity contribution in [2.75, 3.05) is 25.0 Å². The van der Waals surface area contributed by atoms with Gasteiger partial charge in [-0.1, -0.05) is 0 Å². The van der Waals surface area contributed by atoms with Gasteiger partial charge in [-0.2, -0.15) is 0 Å². The number of aryl methyl sites for hydroxylation is 1. The van der Waals surface area contributed by atoms with E-state index in [0.29, 0.717) is 0 Å². The number of ether oxygens (including phenoxy) is 1. The molecule has 2 aliphatic heterocycles. The van der Waals surface area contributed by atoms with Crippen LogP contribution in [0.15, 0.2) is 18.2 Å². The molecule has 19 heavy (non-hydrogen) atoms. The van der Waals surface area contributed by atoms with Gasteiger partial charge in [0.05, 0.1) is 12.5 Å². The van der Waals surface area contributed by atoms with Crippen LogP contribution in [0.3, 0.4) is 0 Å². The SMILES string of the molecule is O=C(Nc1ccc2c(c1)CCCO2)C1CCCNC1. The van der Waals surface area contributed by atoms with Crippen LogP contribution < -0.4 is 15.4 Å². The maximum Gasteiger partial charge on any atom is 0.228 e.